The van der Waals surface area contributed by atoms with E-state index >= 15 is 0 Å². The van der Waals surface area contributed by atoms with Crippen LogP contribution in [-0.2, 0) is 19.1 Å². The highest BCUT2D eigenvalue weighted by molar-refractivity contribution is 5.84. The molecule has 2 aromatic carbocycles. The van der Waals surface area contributed by atoms with Gasteiger partial charge in [0.1, 0.15) is 23.5 Å². The highest BCUT2D eigenvalue weighted by atomic mass is 16.6. The van der Waals surface area contributed by atoms with Crippen LogP contribution in [-0.4, -0.2) is 29.1 Å². The molecule has 0 amide bonds. The summed E-state index contributed by atoms with van der Waals surface area (Å²) < 4.78 is 17.4. The van der Waals surface area contributed by atoms with Crippen LogP contribution in [0.25, 0.3) is 10.9 Å². The second-order valence-electron chi connectivity index (χ2n) is 7.65. The molecular formula is C25H25NO5. The molecule has 0 N–H and O–H groups in total. The minimum atomic E-state index is -1.10. The number of para-hydroxylation sites is 1. The van der Waals surface area contributed by atoms with Crippen LogP contribution < -0.4 is 4.74 Å². The number of esters is 2. The van der Waals surface area contributed by atoms with Crippen LogP contribution in [0, 0.1) is 0 Å². The summed E-state index contributed by atoms with van der Waals surface area (Å²) in [5.41, 5.74) is 1.36. The molecule has 1 saturated carbocycles. The Kier molecular flexibility index (Phi) is 6.46. The summed E-state index contributed by atoms with van der Waals surface area (Å²) in [4.78, 5) is 29.0. The van der Waals surface area contributed by atoms with Crippen LogP contribution in [0.5, 0.6) is 5.75 Å². The summed E-state index contributed by atoms with van der Waals surface area (Å²) in [6, 6.07) is 18.6. The summed E-state index contributed by atoms with van der Waals surface area (Å²) in [6.07, 6.45) is 3.30. The molecule has 3 aromatic rings. The van der Waals surface area contributed by atoms with E-state index in [1.54, 1.807) is 30.5 Å². The van der Waals surface area contributed by atoms with Gasteiger partial charge in [0, 0.05) is 24.1 Å². The normalized spacial score (nSPS) is 19.4. The van der Waals surface area contributed by atoms with Crippen molar-refractivity contribution in [2.45, 2.75) is 50.9 Å². The number of benzene rings is 2. The average molecular weight is 419 g/mol. The third-order valence-corrected chi connectivity index (χ3v) is 5.38. The van der Waals surface area contributed by atoms with Crippen molar-refractivity contribution < 1.29 is 23.8 Å². The van der Waals surface area contributed by atoms with Crippen molar-refractivity contribution in [3.05, 3.63) is 72.4 Å². The zero-order valence-electron chi connectivity index (χ0n) is 17.4. The molecule has 0 bridgehead atoms. The monoisotopic (exact) mass is 419 g/mol. The quantitative estimate of drug-likeness (QED) is 0.536. The Morgan fingerprint density at radius 3 is 2.45 bits per heavy atom. The third kappa shape index (κ3) is 5.02. The molecule has 1 aliphatic rings. The van der Waals surface area contributed by atoms with Crippen LogP contribution in [0.15, 0.2) is 66.9 Å². The van der Waals surface area contributed by atoms with E-state index in [1.807, 2.05) is 36.4 Å². The van der Waals surface area contributed by atoms with Gasteiger partial charge in [0.05, 0.1) is 0 Å². The number of aromatic nitrogens is 1. The molecule has 4 rings (SSSR count). The van der Waals surface area contributed by atoms with Gasteiger partial charge in [-0.3, -0.25) is 9.78 Å². The average Bonchev–Trinajstić information content (AvgIpc) is 2.79. The Hall–Kier alpha value is -3.41. The lowest BCUT2D eigenvalue weighted by atomic mass is 9.94. The van der Waals surface area contributed by atoms with Gasteiger partial charge in [-0.25, -0.2) is 4.79 Å². The predicted octanol–water partition coefficient (Wildman–Crippen LogP) is 4.77. The fourth-order valence-corrected chi connectivity index (χ4v) is 3.92. The maximum atomic E-state index is 13.0. The second kappa shape index (κ2) is 9.60. The van der Waals surface area contributed by atoms with Gasteiger partial charge in [-0.15, -0.1) is 0 Å². The van der Waals surface area contributed by atoms with Gasteiger partial charge in [0.25, 0.3) is 0 Å². The Balaban J connectivity index is 1.52. The Morgan fingerprint density at radius 2 is 1.68 bits per heavy atom. The van der Waals surface area contributed by atoms with Crippen LogP contribution >= 0.6 is 0 Å². The lowest BCUT2D eigenvalue weighted by Crippen LogP contribution is -2.39. The predicted molar refractivity (Wildman–Crippen MR) is 115 cm³/mol. The van der Waals surface area contributed by atoms with Gasteiger partial charge < -0.3 is 14.2 Å². The second-order valence-corrected chi connectivity index (χ2v) is 7.65. The van der Waals surface area contributed by atoms with Crippen LogP contribution in [0.3, 0.4) is 0 Å². The summed E-state index contributed by atoms with van der Waals surface area (Å²) in [5.74, 6) is -0.451. The topological polar surface area (TPSA) is 74.7 Å². The van der Waals surface area contributed by atoms with Gasteiger partial charge >= 0.3 is 11.9 Å². The summed E-state index contributed by atoms with van der Waals surface area (Å²) in [7, 11) is 0. The molecule has 1 aromatic heterocycles. The van der Waals surface area contributed by atoms with Crippen molar-refractivity contribution in [2.75, 3.05) is 0 Å². The first-order valence-corrected chi connectivity index (χ1v) is 10.5. The molecule has 31 heavy (non-hydrogen) atoms. The maximum Gasteiger partial charge on any atom is 0.352 e. The fraction of sp³-hybridized carbons (Fsp3) is 0.320. The number of hydrogen-bond donors (Lipinski definition) is 0. The van der Waals surface area contributed by atoms with E-state index in [0.717, 1.165) is 30.2 Å². The van der Waals surface area contributed by atoms with Gasteiger partial charge in [-0.05, 0) is 37.8 Å². The molecule has 6 heteroatoms. The lowest BCUT2D eigenvalue weighted by Gasteiger charge is -2.32. The number of nitrogens with zero attached hydrogens (tertiary/aromatic N) is 1. The van der Waals surface area contributed by atoms with Crippen molar-refractivity contribution >= 4 is 22.8 Å². The number of fused-ring (bicyclic) bond motifs is 1. The molecule has 0 aliphatic heterocycles. The Labute approximate surface area is 181 Å². The molecule has 0 radical (unpaired) electrons. The zero-order valence-corrected chi connectivity index (χ0v) is 17.4. The SMILES string of the molecule is CC(=O)O[C@@H](C(=O)O[C@@H]1CCCC[C@H]1Oc1cccc2cccnc12)c1ccccc1. The van der Waals surface area contributed by atoms with Crippen molar-refractivity contribution in [1.82, 2.24) is 4.98 Å². The van der Waals surface area contributed by atoms with E-state index in [4.69, 9.17) is 14.2 Å². The van der Waals surface area contributed by atoms with Crippen LogP contribution in [0.4, 0.5) is 0 Å². The third-order valence-electron chi connectivity index (χ3n) is 5.38. The van der Waals surface area contributed by atoms with Gasteiger partial charge in [-0.1, -0.05) is 48.5 Å². The molecule has 6 nitrogen and oxygen atoms in total. The largest absolute Gasteiger partial charge is 0.484 e. The Morgan fingerprint density at radius 1 is 0.935 bits per heavy atom. The Bertz CT molecular complexity index is 1050. The smallest absolute Gasteiger partial charge is 0.352 e. The standard InChI is InChI=1S/C25H25NO5/c1-17(27)29-24(19-9-3-2-4-10-19)25(28)31-21-14-6-5-13-20(21)30-22-15-7-11-18-12-8-16-26-23(18)22/h2-4,7-12,15-16,20-21,24H,5-6,13-14H2,1H3/t20-,21-,24-/m1/s1. The van der Waals surface area contributed by atoms with E-state index < -0.39 is 24.1 Å². The summed E-state index contributed by atoms with van der Waals surface area (Å²) in [5, 5.41) is 0.989. The number of hydrogen-bond acceptors (Lipinski definition) is 6. The number of carbonyl (C=O) groups is 2. The minimum absolute atomic E-state index is 0.293. The highest BCUT2D eigenvalue weighted by Gasteiger charge is 2.34. The van der Waals surface area contributed by atoms with Gasteiger partial charge in [-0.2, -0.15) is 0 Å². The van der Waals surface area contributed by atoms with Crippen molar-refractivity contribution in [3.63, 3.8) is 0 Å². The maximum absolute atomic E-state index is 13.0. The molecule has 0 saturated heterocycles. The number of rotatable bonds is 6. The van der Waals surface area contributed by atoms with Gasteiger partial charge in [0.15, 0.2) is 0 Å². The van der Waals surface area contributed by atoms with E-state index in [-0.39, 0.29) is 6.10 Å². The summed E-state index contributed by atoms with van der Waals surface area (Å²) >= 11 is 0. The number of carbonyl (C=O) groups excluding carboxylic acids is 2. The zero-order chi connectivity index (χ0) is 21.6. The molecule has 0 spiro atoms. The van der Waals surface area contributed by atoms with Gasteiger partial charge in [0.2, 0.25) is 6.10 Å². The van der Waals surface area contributed by atoms with Crippen molar-refractivity contribution in [3.8, 4) is 5.75 Å². The first-order valence-electron chi connectivity index (χ1n) is 10.5. The lowest BCUT2D eigenvalue weighted by molar-refractivity contribution is -0.176. The first kappa shape index (κ1) is 20.8. The van der Waals surface area contributed by atoms with Crippen molar-refractivity contribution in [2.24, 2.45) is 0 Å². The molecule has 1 aliphatic carbocycles. The van der Waals surface area contributed by atoms with Crippen LogP contribution in [0.1, 0.15) is 44.3 Å². The number of pyridine rings is 1. The van der Waals surface area contributed by atoms with E-state index in [2.05, 4.69) is 4.98 Å². The van der Waals surface area contributed by atoms with E-state index in [9.17, 15) is 9.59 Å². The molecule has 1 heterocycles. The van der Waals surface area contributed by atoms with E-state index in [0.29, 0.717) is 17.7 Å². The molecule has 0 unspecified atom stereocenters. The fourth-order valence-electron chi connectivity index (χ4n) is 3.92. The summed E-state index contributed by atoms with van der Waals surface area (Å²) in [6.45, 7) is 1.28. The number of ether oxygens (including phenoxy) is 3. The minimum Gasteiger partial charge on any atom is -0.484 e. The van der Waals surface area contributed by atoms with Crippen molar-refractivity contribution in [1.29, 1.82) is 0 Å². The highest BCUT2D eigenvalue weighted by Crippen LogP contribution is 2.31. The molecule has 1 fully saturated rings. The molecular weight excluding hydrogens is 394 g/mol. The first-order chi connectivity index (χ1) is 15.1. The van der Waals surface area contributed by atoms with Crippen LogP contribution in [0.2, 0.25) is 0 Å². The van der Waals surface area contributed by atoms with E-state index in [1.165, 1.54) is 6.92 Å². The molecule has 160 valence electrons. The molecule has 3 atom stereocenters.